The van der Waals surface area contributed by atoms with Crippen LogP contribution in [0.15, 0.2) is 0 Å². The van der Waals surface area contributed by atoms with Crippen molar-refractivity contribution < 1.29 is 29.2 Å². The monoisotopic (exact) mass is 398 g/mol. The van der Waals surface area contributed by atoms with Crippen LogP contribution in [0.1, 0.15) is 46.5 Å². The lowest BCUT2D eigenvalue weighted by Gasteiger charge is -2.32. The molecule has 0 radical (unpaired) electrons. The average molecular weight is 399 g/mol. The van der Waals surface area contributed by atoms with Gasteiger partial charge in [0.15, 0.2) is 0 Å². The summed E-state index contributed by atoms with van der Waals surface area (Å²) < 4.78 is 15.3. The number of aliphatic hydroxyl groups is 2. The van der Waals surface area contributed by atoms with E-state index in [1.807, 2.05) is 0 Å². The van der Waals surface area contributed by atoms with Crippen LogP contribution in [0.2, 0.25) is 0 Å². The van der Waals surface area contributed by atoms with Crippen molar-refractivity contribution in [2.24, 2.45) is 5.73 Å². The molecule has 1 amide bonds. The van der Waals surface area contributed by atoms with Crippen molar-refractivity contribution in [2.45, 2.75) is 63.3 Å². The quantitative estimate of drug-likeness (QED) is 0.558. The molecule has 2 saturated heterocycles. The first-order valence-corrected chi connectivity index (χ1v) is 8.85. The molecule has 26 heavy (non-hydrogen) atoms. The van der Waals surface area contributed by atoms with Gasteiger partial charge in [-0.3, -0.25) is 0 Å². The van der Waals surface area contributed by atoms with E-state index in [1.165, 1.54) is 0 Å². The Bertz CT molecular complexity index is 405. The molecule has 2 atom stereocenters. The standard InChI is InChI=1S/C11H21NO4.C6H13NO2.ClH/c1-10(2,3)16-9(13)12-7-11(14)5-4-6-15-8-11;7-4-6(8)2-1-3-9-5-6;/h14H,4-8H2,1-3H3,(H,12,13);8H,1-5,7H2;1H. The maximum Gasteiger partial charge on any atom is 0.407 e. The van der Waals surface area contributed by atoms with E-state index >= 15 is 0 Å². The van der Waals surface area contributed by atoms with Crippen molar-refractivity contribution in [3.8, 4) is 0 Å². The number of amides is 1. The van der Waals surface area contributed by atoms with Crippen LogP contribution < -0.4 is 11.1 Å². The third-order valence-electron chi connectivity index (χ3n) is 3.94. The fourth-order valence-electron chi connectivity index (χ4n) is 2.53. The van der Waals surface area contributed by atoms with Crippen molar-refractivity contribution in [2.75, 3.05) is 39.5 Å². The first kappa shape index (κ1) is 25.4. The van der Waals surface area contributed by atoms with Gasteiger partial charge < -0.3 is 35.5 Å². The summed E-state index contributed by atoms with van der Waals surface area (Å²) >= 11 is 0. The molecule has 0 spiro atoms. The van der Waals surface area contributed by atoms with E-state index in [0.717, 1.165) is 25.9 Å². The number of nitrogens with one attached hydrogen (secondary N) is 1. The van der Waals surface area contributed by atoms with Gasteiger partial charge >= 0.3 is 6.09 Å². The molecule has 2 aliphatic heterocycles. The van der Waals surface area contributed by atoms with Crippen molar-refractivity contribution in [1.29, 1.82) is 0 Å². The predicted molar refractivity (Wildman–Crippen MR) is 101 cm³/mol. The Balaban J connectivity index is 0.000000532. The highest BCUT2D eigenvalue weighted by Gasteiger charge is 2.31. The molecule has 9 heteroatoms. The van der Waals surface area contributed by atoms with Crippen LogP contribution in [0.4, 0.5) is 4.79 Å². The summed E-state index contributed by atoms with van der Waals surface area (Å²) in [5, 5.41) is 22.0. The SMILES string of the molecule is CC(C)(C)OC(=O)NCC1(O)CCCOC1.Cl.NCC1(O)CCCOC1. The molecule has 2 fully saturated rings. The molecule has 8 nitrogen and oxygen atoms in total. The van der Waals surface area contributed by atoms with Gasteiger partial charge in [0.05, 0.1) is 19.8 Å². The summed E-state index contributed by atoms with van der Waals surface area (Å²) in [6, 6.07) is 0. The molecule has 0 aromatic heterocycles. The Morgan fingerprint density at radius 2 is 1.62 bits per heavy atom. The van der Waals surface area contributed by atoms with Crippen LogP contribution in [0.25, 0.3) is 0 Å². The Morgan fingerprint density at radius 3 is 1.96 bits per heavy atom. The first-order chi connectivity index (χ1) is 11.6. The minimum absolute atomic E-state index is 0. The largest absolute Gasteiger partial charge is 0.444 e. The molecule has 0 bridgehead atoms. The Labute approximate surface area is 162 Å². The molecule has 2 aliphatic rings. The number of ether oxygens (including phenoxy) is 3. The zero-order valence-corrected chi connectivity index (χ0v) is 16.9. The van der Waals surface area contributed by atoms with Gasteiger partial charge in [-0.25, -0.2) is 4.79 Å². The Hall–Kier alpha value is -0.640. The smallest absolute Gasteiger partial charge is 0.407 e. The van der Waals surface area contributed by atoms with Crippen LogP contribution >= 0.6 is 12.4 Å². The van der Waals surface area contributed by atoms with E-state index in [4.69, 9.17) is 19.9 Å². The maximum atomic E-state index is 11.4. The molecule has 2 unspecified atom stereocenters. The minimum atomic E-state index is -0.949. The summed E-state index contributed by atoms with van der Waals surface area (Å²) in [7, 11) is 0. The lowest BCUT2D eigenvalue weighted by molar-refractivity contribution is -0.0834. The fraction of sp³-hybridized carbons (Fsp3) is 0.941. The van der Waals surface area contributed by atoms with Crippen molar-refractivity contribution in [3.63, 3.8) is 0 Å². The highest BCUT2D eigenvalue weighted by Crippen LogP contribution is 2.18. The summed E-state index contributed by atoms with van der Waals surface area (Å²) in [6.07, 6.45) is 2.65. The van der Waals surface area contributed by atoms with Gasteiger partial charge in [0.1, 0.15) is 16.8 Å². The van der Waals surface area contributed by atoms with Crippen molar-refractivity contribution >= 4 is 18.5 Å². The molecule has 2 heterocycles. The van der Waals surface area contributed by atoms with Gasteiger partial charge in [0, 0.05) is 19.8 Å². The van der Waals surface area contributed by atoms with Gasteiger partial charge in [-0.1, -0.05) is 0 Å². The van der Waals surface area contributed by atoms with Crippen molar-refractivity contribution in [3.05, 3.63) is 0 Å². The third-order valence-corrected chi connectivity index (χ3v) is 3.94. The van der Waals surface area contributed by atoms with Gasteiger partial charge in [0.25, 0.3) is 0 Å². The second-order valence-electron chi connectivity index (χ2n) is 7.82. The number of hydrogen-bond acceptors (Lipinski definition) is 7. The molecule has 0 aromatic rings. The van der Waals surface area contributed by atoms with Gasteiger partial charge in [-0.15, -0.1) is 12.4 Å². The van der Waals surface area contributed by atoms with E-state index in [9.17, 15) is 15.0 Å². The van der Waals surface area contributed by atoms with Crippen LogP contribution in [-0.2, 0) is 14.2 Å². The summed E-state index contributed by atoms with van der Waals surface area (Å²) in [5.74, 6) is 0. The Kier molecular flexibility index (Phi) is 11.0. The number of hydrogen-bond donors (Lipinski definition) is 4. The number of nitrogens with two attached hydrogens (primary N) is 1. The minimum Gasteiger partial charge on any atom is -0.444 e. The molecule has 0 saturated carbocycles. The lowest BCUT2D eigenvalue weighted by Crippen LogP contribution is -2.49. The molecular weight excluding hydrogens is 364 g/mol. The van der Waals surface area contributed by atoms with E-state index in [1.54, 1.807) is 20.8 Å². The van der Waals surface area contributed by atoms with Crippen molar-refractivity contribution in [1.82, 2.24) is 5.32 Å². The van der Waals surface area contributed by atoms with Crippen LogP contribution in [0, 0.1) is 0 Å². The maximum absolute atomic E-state index is 11.4. The first-order valence-electron chi connectivity index (χ1n) is 8.85. The summed E-state index contributed by atoms with van der Waals surface area (Å²) in [4.78, 5) is 11.4. The number of alkyl carbamates (subject to hydrolysis) is 1. The lowest BCUT2D eigenvalue weighted by atomic mass is 9.97. The average Bonchev–Trinajstić information content (AvgIpc) is 2.54. The molecule has 156 valence electrons. The van der Waals surface area contributed by atoms with Crippen LogP contribution in [-0.4, -0.2) is 72.6 Å². The zero-order valence-electron chi connectivity index (χ0n) is 16.1. The van der Waals surface area contributed by atoms with E-state index in [2.05, 4.69) is 5.32 Å². The number of rotatable bonds is 3. The molecule has 0 aromatic carbocycles. The summed E-state index contributed by atoms with van der Waals surface area (Å²) in [5.41, 5.74) is 3.12. The van der Waals surface area contributed by atoms with Gasteiger partial charge in [-0.05, 0) is 46.5 Å². The van der Waals surface area contributed by atoms with E-state index < -0.39 is 22.9 Å². The molecule has 5 N–H and O–H groups in total. The number of halogens is 1. The normalized spacial score (nSPS) is 28.8. The second kappa shape index (κ2) is 11.3. The topological polar surface area (TPSA) is 123 Å². The second-order valence-corrected chi connectivity index (χ2v) is 7.82. The highest BCUT2D eigenvalue weighted by molar-refractivity contribution is 5.85. The number of carbonyl (C=O) groups excluding carboxylic acids is 1. The highest BCUT2D eigenvalue weighted by atomic mass is 35.5. The summed E-state index contributed by atoms with van der Waals surface area (Å²) in [6.45, 7) is 7.99. The molecule has 0 aliphatic carbocycles. The third kappa shape index (κ3) is 10.5. The van der Waals surface area contributed by atoms with E-state index in [0.29, 0.717) is 26.2 Å². The van der Waals surface area contributed by atoms with Gasteiger partial charge in [-0.2, -0.15) is 0 Å². The number of carbonyl (C=O) groups is 1. The van der Waals surface area contributed by atoms with E-state index in [-0.39, 0.29) is 25.6 Å². The van der Waals surface area contributed by atoms with Gasteiger partial charge in [0.2, 0.25) is 0 Å². The zero-order chi connectivity index (χ0) is 19.0. The molecule has 2 rings (SSSR count). The fourth-order valence-corrected chi connectivity index (χ4v) is 2.53. The Morgan fingerprint density at radius 1 is 1.12 bits per heavy atom. The molecular formula is C17H35ClN2O6. The van der Waals surface area contributed by atoms with Crippen LogP contribution in [0.3, 0.4) is 0 Å². The predicted octanol–water partition coefficient (Wildman–Crippen LogP) is 0.961. The van der Waals surface area contributed by atoms with Crippen LogP contribution in [0.5, 0.6) is 0 Å².